The Morgan fingerprint density at radius 2 is 1.35 bits per heavy atom. The Bertz CT molecular complexity index is 563. The average Bonchev–Trinajstić information content (AvgIpc) is 2.53. The van der Waals surface area contributed by atoms with Gasteiger partial charge in [0.25, 0.3) is 0 Å². The van der Waals surface area contributed by atoms with Crippen LogP contribution < -0.4 is 14.2 Å². The van der Waals surface area contributed by atoms with E-state index in [-0.39, 0.29) is 0 Å². The summed E-state index contributed by atoms with van der Waals surface area (Å²) in [6, 6.07) is 12.7. The van der Waals surface area contributed by atoms with E-state index in [1.54, 1.807) is 33.5 Å². The largest absolute Gasteiger partial charge is 0.497 e. The Kier molecular flexibility index (Phi) is 4.48. The molecule has 0 bridgehead atoms. The van der Waals surface area contributed by atoms with Gasteiger partial charge in [0.2, 0.25) is 0 Å². The summed E-state index contributed by atoms with van der Waals surface area (Å²) in [6.45, 7) is 0. The Hall–Kier alpha value is -2.20. The van der Waals surface area contributed by atoms with E-state index in [9.17, 15) is 5.11 Å². The van der Waals surface area contributed by atoms with Gasteiger partial charge in [-0.3, -0.25) is 0 Å². The maximum atomic E-state index is 10.4. The van der Waals surface area contributed by atoms with Gasteiger partial charge in [-0.05, 0) is 35.4 Å². The lowest BCUT2D eigenvalue weighted by molar-refractivity contribution is 0.219. The van der Waals surface area contributed by atoms with Crippen molar-refractivity contribution in [2.45, 2.75) is 6.10 Å². The van der Waals surface area contributed by atoms with Crippen molar-refractivity contribution in [2.75, 3.05) is 21.3 Å². The van der Waals surface area contributed by atoms with Crippen molar-refractivity contribution in [3.05, 3.63) is 53.6 Å². The summed E-state index contributed by atoms with van der Waals surface area (Å²) in [4.78, 5) is 0. The highest BCUT2D eigenvalue weighted by Crippen LogP contribution is 2.32. The van der Waals surface area contributed by atoms with Crippen molar-refractivity contribution in [1.82, 2.24) is 0 Å². The number of ether oxygens (including phenoxy) is 3. The minimum atomic E-state index is -0.722. The summed E-state index contributed by atoms with van der Waals surface area (Å²) >= 11 is 0. The lowest BCUT2D eigenvalue weighted by Crippen LogP contribution is -2.01. The van der Waals surface area contributed by atoms with Crippen LogP contribution in [0.25, 0.3) is 0 Å². The molecule has 1 unspecified atom stereocenters. The molecule has 2 rings (SSSR count). The first-order valence-corrected chi connectivity index (χ1v) is 6.23. The maximum absolute atomic E-state index is 10.4. The van der Waals surface area contributed by atoms with Crippen LogP contribution in [-0.2, 0) is 0 Å². The molecule has 2 aromatic carbocycles. The minimum absolute atomic E-state index is 0.595. The van der Waals surface area contributed by atoms with E-state index in [2.05, 4.69) is 0 Å². The van der Waals surface area contributed by atoms with Gasteiger partial charge in [-0.25, -0.2) is 0 Å². The number of methoxy groups -OCH3 is 3. The summed E-state index contributed by atoms with van der Waals surface area (Å²) in [5, 5.41) is 10.4. The van der Waals surface area contributed by atoms with Gasteiger partial charge in [-0.15, -0.1) is 0 Å². The van der Waals surface area contributed by atoms with E-state index in [1.165, 1.54) is 0 Å². The molecule has 0 fully saturated rings. The molecule has 4 nitrogen and oxygen atoms in total. The molecule has 1 N–H and O–H groups in total. The fourth-order valence-corrected chi connectivity index (χ4v) is 2.00. The van der Waals surface area contributed by atoms with E-state index >= 15 is 0 Å². The molecule has 0 saturated heterocycles. The van der Waals surface area contributed by atoms with E-state index in [0.29, 0.717) is 11.5 Å². The lowest BCUT2D eigenvalue weighted by atomic mass is 10.0. The van der Waals surface area contributed by atoms with Crippen LogP contribution in [0.2, 0.25) is 0 Å². The van der Waals surface area contributed by atoms with Crippen molar-refractivity contribution in [3.8, 4) is 17.2 Å². The van der Waals surface area contributed by atoms with Gasteiger partial charge in [0.05, 0.1) is 21.3 Å². The van der Waals surface area contributed by atoms with Crippen LogP contribution >= 0.6 is 0 Å². The zero-order valence-electron chi connectivity index (χ0n) is 11.8. The molecular formula is C16H18O4. The van der Waals surface area contributed by atoms with Crippen LogP contribution in [0.15, 0.2) is 42.5 Å². The first kappa shape index (κ1) is 14.2. The monoisotopic (exact) mass is 274 g/mol. The highest BCUT2D eigenvalue weighted by molar-refractivity contribution is 5.45. The standard InChI is InChI=1S/C16H18O4/c1-18-13-7-4-11(5-8-13)16(17)12-6-9-14(19-2)15(10-12)20-3/h4-10,16-17H,1-3H3. The maximum Gasteiger partial charge on any atom is 0.161 e. The Labute approximate surface area is 118 Å². The average molecular weight is 274 g/mol. The van der Waals surface area contributed by atoms with Crippen molar-refractivity contribution in [2.24, 2.45) is 0 Å². The highest BCUT2D eigenvalue weighted by Gasteiger charge is 2.13. The second kappa shape index (κ2) is 6.30. The molecule has 1 atom stereocenters. The number of hydrogen-bond acceptors (Lipinski definition) is 4. The van der Waals surface area contributed by atoms with Gasteiger partial charge in [-0.1, -0.05) is 18.2 Å². The summed E-state index contributed by atoms with van der Waals surface area (Å²) in [7, 11) is 4.76. The number of aliphatic hydroxyl groups is 1. The zero-order valence-corrected chi connectivity index (χ0v) is 11.8. The van der Waals surface area contributed by atoms with Gasteiger partial charge >= 0.3 is 0 Å². The molecule has 106 valence electrons. The summed E-state index contributed by atoms with van der Waals surface area (Å²) < 4.78 is 15.5. The van der Waals surface area contributed by atoms with Crippen molar-refractivity contribution < 1.29 is 19.3 Å². The molecular weight excluding hydrogens is 256 g/mol. The van der Waals surface area contributed by atoms with Crippen LogP contribution in [0.1, 0.15) is 17.2 Å². The Balaban J connectivity index is 2.29. The van der Waals surface area contributed by atoms with Crippen LogP contribution in [-0.4, -0.2) is 26.4 Å². The Morgan fingerprint density at radius 3 is 1.90 bits per heavy atom. The van der Waals surface area contributed by atoms with Crippen molar-refractivity contribution in [3.63, 3.8) is 0 Å². The van der Waals surface area contributed by atoms with Gasteiger partial charge in [-0.2, -0.15) is 0 Å². The highest BCUT2D eigenvalue weighted by atomic mass is 16.5. The van der Waals surface area contributed by atoms with Gasteiger partial charge < -0.3 is 19.3 Å². The first-order chi connectivity index (χ1) is 9.69. The van der Waals surface area contributed by atoms with Crippen molar-refractivity contribution in [1.29, 1.82) is 0 Å². The van der Waals surface area contributed by atoms with Crippen LogP contribution in [0.4, 0.5) is 0 Å². The minimum Gasteiger partial charge on any atom is -0.497 e. The van der Waals surface area contributed by atoms with Crippen LogP contribution in [0, 0.1) is 0 Å². The van der Waals surface area contributed by atoms with Crippen LogP contribution in [0.5, 0.6) is 17.2 Å². The number of aliphatic hydroxyl groups excluding tert-OH is 1. The van der Waals surface area contributed by atoms with E-state index in [0.717, 1.165) is 16.9 Å². The zero-order chi connectivity index (χ0) is 14.5. The summed E-state index contributed by atoms with van der Waals surface area (Å²) in [5.74, 6) is 1.99. The fraction of sp³-hybridized carbons (Fsp3) is 0.250. The predicted molar refractivity (Wildman–Crippen MR) is 76.6 cm³/mol. The molecule has 0 spiro atoms. The normalized spacial score (nSPS) is 11.8. The summed E-state index contributed by atoms with van der Waals surface area (Å²) in [6.07, 6.45) is -0.722. The number of benzene rings is 2. The molecule has 4 heteroatoms. The first-order valence-electron chi connectivity index (χ1n) is 6.23. The molecule has 2 aromatic rings. The molecule has 0 heterocycles. The number of hydrogen-bond donors (Lipinski definition) is 1. The second-order valence-electron chi connectivity index (χ2n) is 4.29. The van der Waals surface area contributed by atoms with Gasteiger partial charge in [0, 0.05) is 0 Å². The third-order valence-electron chi connectivity index (χ3n) is 3.15. The molecule has 0 aromatic heterocycles. The predicted octanol–water partition coefficient (Wildman–Crippen LogP) is 2.79. The molecule has 0 aliphatic rings. The fourth-order valence-electron chi connectivity index (χ4n) is 2.00. The third-order valence-corrected chi connectivity index (χ3v) is 3.15. The smallest absolute Gasteiger partial charge is 0.161 e. The van der Waals surface area contributed by atoms with Gasteiger partial charge in [0.1, 0.15) is 11.9 Å². The Morgan fingerprint density at radius 1 is 0.750 bits per heavy atom. The van der Waals surface area contributed by atoms with E-state index in [1.807, 2.05) is 30.3 Å². The van der Waals surface area contributed by atoms with Crippen LogP contribution in [0.3, 0.4) is 0 Å². The summed E-state index contributed by atoms with van der Waals surface area (Å²) in [5.41, 5.74) is 1.53. The van der Waals surface area contributed by atoms with Crippen molar-refractivity contribution >= 4 is 0 Å². The molecule has 0 aliphatic carbocycles. The number of rotatable bonds is 5. The molecule has 0 amide bonds. The van der Waals surface area contributed by atoms with E-state index in [4.69, 9.17) is 14.2 Å². The molecule has 0 aliphatic heterocycles. The third kappa shape index (κ3) is 2.86. The topological polar surface area (TPSA) is 47.9 Å². The molecule has 0 radical (unpaired) electrons. The molecule has 20 heavy (non-hydrogen) atoms. The SMILES string of the molecule is COc1ccc(C(O)c2ccc(OC)c(OC)c2)cc1. The molecule has 0 saturated carbocycles. The van der Waals surface area contributed by atoms with E-state index < -0.39 is 6.10 Å². The quantitative estimate of drug-likeness (QED) is 0.910. The van der Waals surface area contributed by atoms with Gasteiger partial charge in [0.15, 0.2) is 11.5 Å². The lowest BCUT2D eigenvalue weighted by Gasteiger charge is -2.15. The second-order valence-corrected chi connectivity index (χ2v) is 4.29.